The molecule has 0 saturated carbocycles. The van der Waals surface area contributed by atoms with E-state index in [9.17, 15) is 13.2 Å². The van der Waals surface area contributed by atoms with Gasteiger partial charge in [0.05, 0.1) is 0 Å². The highest BCUT2D eigenvalue weighted by Gasteiger charge is 2.28. The lowest BCUT2D eigenvalue weighted by Gasteiger charge is -2.03. The van der Waals surface area contributed by atoms with Crippen LogP contribution in [0.4, 0.5) is 13.2 Å². The minimum Gasteiger partial charge on any atom is -0.462 e. The molecule has 0 aliphatic rings. The summed E-state index contributed by atoms with van der Waals surface area (Å²) in [5.41, 5.74) is 0. The summed E-state index contributed by atoms with van der Waals surface area (Å²) >= 11 is 0. The van der Waals surface area contributed by atoms with E-state index in [4.69, 9.17) is 4.74 Å². The van der Waals surface area contributed by atoms with Gasteiger partial charge in [-0.1, -0.05) is 18.2 Å². The zero-order chi connectivity index (χ0) is 10.4. The van der Waals surface area contributed by atoms with E-state index in [-0.39, 0.29) is 0 Å². The molecular formula is C9H7F3O2. The smallest absolute Gasteiger partial charge is 0.462 e. The van der Waals surface area contributed by atoms with E-state index < -0.39 is 6.36 Å². The van der Waals surface area contributed by atoms with Crippen molar-refractivity contribution in [2.45, 2.75) is 6.36 Å². The van der Waals surface area contributed by atoms with Crippen molar-refractivity contribution >= 4 is 0 Å². The van der Waals surface area contributed by atoms with E-state index in [1.807, 2.05) is 0 Å². The second-order valence-corrected chi connectivity index (χ2v) is 2.27. The Morgan fingerprint density at radius 1 is 1.00 bits per heavy atom. The molecule has 76 valence electrons. The van der Waals surface area contributed by atoms with Crippen LogP contribution in [0, 0.1) is 0 Å². The maximum atomic E-state index is 11.5. The standard InChI is InChI=1S/C9H7F3O2/c10-9(11,12)14-7-6-13-8-4-2-1-3-5-8/h1-7H. The van der Waals surface area contributed by atoms with Gasteiger partial charge in [0.1, 0.15) is 18.3 Å². The molecule has 0 aliphatic carbocycles. The second kappa shape index (κ2) is 4.55. The molecule has 0 radical (unpaired) electrons. The molecule has 0 aliphatic heterocycles. The average molecular weight is 204 g/mol. The molecular weight excluding hydrogens is 197 g/mol. The van der Waals surface area contributed by atoms with Gasteiger partial charge in [0.15, 0.2) is 0 Å². The zero-order valence-electron chi connectivity index (χ0n) is 6.99. The summed E-state index contributed by atoms with van der Waals surface area (Å²) in [6.45, 7) is 0. The van der Waals surface area contributed by atoms with Crippen molar-refractivity contribution in [3.05, 3.63) is 42.9 Å². The summed E-state index contributed by atoms with van der Waals surface area (Å²) < 4.78 is 42.5. The van der Waals surface area contributed by atoms with Crippen molar-refractivity contribution in [1.82, 2.24) is 0 Å². The SMILES string of the molecule is FC(F)(F)OC=COc1ccccc1. The third-order valence-electron chi connectivity index (χ3n) is 1.20. The molecule has 1 aromatic rings. The summed E-state index contributed by atoms with van der Waals surface area (Å²) in [7, 11) is 0. The summed E-state index contributed by atoms with van der Waals surface area (Å²) in [4.78, 5) is 0. The van der Waals surface area contributed by atoms with Gasteiger partial charge < -0.3 is 9.47 Å². The lowest BCUT2D eigenvalue weighted by atomic mass is 10.3. The van der Waals surface area contributed by atoms with Crippen molar-refractivity contribution in [3.8, 4) is 5.75 Å². The van der Waals surface area contributed by atoms with Crippen molar-refractivity contribution in [3.63, 3.8) is 0 Å². The molecule has 0 aromatic heterocycles. The van der Waals surface area contributed by atoms with Gasteiger partial charge in [-0.25, -0.2) is 0 Å². The van der Waals surface area contributed by atoms with E-state index in [1.165, 1.54) is 0 Å². The Labute approximate surface area is 78.6 Å². The first kappa shape index (κ1) is 10.4. The predicted molar refractivity (Wildman–Crippen MR) is 43.4 cm³/mol. The fraction of sp³-hybridized carbons (Fsp3) is 0.111. The van der Waals surface area contributed by atoms with E-state index >= 15 is 0 Å². The second-order valence-electron chi connectivity index (χ2n) is 2.27. The third-order valence-corrected chi connectivity index (χ3v) is 1.20. The van der Waals surface area contributed by atoms with Gasteiger partial charge in [0.25, 0.3) is 0 Å². The summed E-state index contributed by atoms with van der Waals surface area (Å²) in [6.07, 6.45) is -3.41. The van der Waals surface area contributed by atoms with E-state index in [0.717, 1.165) is 6.26 Å². The van der Waals surface area contributed by atoms with Crippen LogP contribution in [0.15, 0.2) is 42.9 Å². The highest BCUT2D eigenvalue weighted by molar-refractivity contribution is 5.21. The highest BCUT2D eigenvalue weighted by atomic mass is 19.4. The summed E-state index contributed by atoms with van der Waals surface area (Å²) in [6, 6.07) is 8.39. The van der Waals surface area contributed by atoms with Crippen LogP contribution in [0.25, 0.3) is 0 Å². The van der Waals surface area contributed by atoms with Crippen molar-refractivity contribution < 1.29 is 22.6 Å². The van der Waals surface area contributed by atoms with Gasteiger partial charge in [-0.05, 0) is 12.1 Å². The Balaban J connectivity index is 2.35. The number of hydrogen-bond acceptors (Lipinski definition) is 2. The molecule has 1 rings (SSSR count). The van der Waals surface area contributed by atoms with Crippen LogP contribution in [0.5, 0.6) is 5.75 Å². The normalized spacial score (nSPS) is 11.6. The zero-order valence-corrected chi connectivity index (χ0v) is 6.99. The van der Waals surface area contributed by atoms with Crippen LogP contribution in [-0.2, 0) is 4.74 Å². The summed E-state index contributed by atoms with van der Waals surface area (Å²) in [5, 5.41) is 0. The fourth-order valence-corrected chi connectivity index (χ4v) is 0.710. The van der Waals surface area contributed by atoms with E-state index in [0.29, 0.717) is 12.0 Å². The Morgan fingerprint density at radius 3 is 2.21 bits per heavy atom. The third kappa shape index (κ3) is 4.39. The quantitative estimate of drug-likeness (QED) is 0.704. The van der Waals surface area contributed by atoms with Crippen LogP contribution in [0.2, 0.25) is 0 Å². The van der Waals surface area contributed by atoms with E-state index in [2.05, 4.69) is 4.74 Å². The van der Waals surface area contributed by atoms with Crippen molar-refractivity contribution in [2.24, 2.45) is 0 Å². The molecule has 0 bridgehead atoms. The van der Waals surface area contributed by atoms with Crippen LogP contribution >= 0.6 is 0 Å². The Morgan fingerprint density at radius 2 is 1.64 bits per heavy atom. The maximum absolute atomic E-state index is 11.5. The monoisotopic (exact) mass is 204 g/mol. The fourth-order valence-electron chi connectivity index (χ4n) is 0.710. The average Bonchev–Trinajstić information content (AvgIpc) is 2.13. The maximum Gasteiger partial charge on any atom is 0.572 e. The first-order valence-corrected chi connectivity index (χ1v) is 3.69. The molecule has 5 heteroatoms. The first-order valence-electron chi connectivity index (χ1n) is 3.69. The van der Waals surface area contributed by atoms with Crippen molar-refractivity contribution in [2.75, 3.05) is 0 Å². The van der Waals surface area contributed by atoms with Gasteiger partial charge in [0.2, 0.25) is 0 Å². The molecule has 0 atom stereocenters. The predicted octanol–water partition coefficient (Wildman–Crippen LogP) is 3.07. The number of para-hydroxylation sites is 1. The topological polar surface area (TPSA) is 18.5 Å². The molecule has 2 nitrogen and oxygen atoms in total. The molecule has 0 amide bonds. The Bertz CT molecular complexity index is 293. The van der Waals surface area contributed by atoms with Gasteiger partial charge in [-0.15, -0.1) is 13.2 Å². The summed E-state index contributed by atoms with van der Waals surface area (Å²) in [5.74, 6) is 0.439. The number of ether oxygens (including phenoxy) is 2. The molecule has 14 heavy (non-hydrogen) atoms. The first-order chi connectivity index (χ1) is 6.58. The van der Waals surface area contributed by atoms with Crippen molar-refractivity contribution in [1.29, 1.82) is 0 Å². The number of hydrogen-bond donors (Lipinski definition) is 0. The number of alkyl halides is 3. The Kier molecular flexibility index (Phi) is 3.39. The van der Waals surface area contributed by atoms with Crippen LogP contribution in [-0.4, -0.2) is 6.36 Å². The minimum absolute atomic E-state index is 0.437. The largest absolute Gasteiger partial charge is 0.572 e. The molecule has 0 unspecified atom stereocenters. The lowest BCUT2D eigenvalue weighted by molar-refractivity contribution is -0.298. The molecule has 0 N–H and O–H groups in total. The molecule has 0 saturated heterocycles. The van der Waals surface area contributed by atoms with Crippen LogP contribution in [0.1, 0.15) is 0 Å². The molecule has 0 heterocycles. The van der Waals surface area contributed by atoms with Crippen LogP contribution in [0.3, 0.4) is 0 Å². The van der Waals surface area contributed by atoms with Gasteiger partial charge >= 0.3 is 6.36 Å². The van der Waals surface area contributed by atoms with Gasteiger partial charge in [0, 0.05) is 0 Å². The van der Waals surface area contributed by atoms with E-state index in [1.54, 1.807) is 30.3 Å². The molecule has 0 fully saturated rings. The lowest BCUT2D eigenvalue weighted by Crippen LogP contribution is -2.08. The number of rotatable bonds is 3. The van der Waals surface area contributed by atoms with Crippen LogP contribution < -0.4 is 4.74 Å². The molecule has 0 spiro atoms. The van der Waals surface area contributed by atoms with Gasteiger partial charge in [-0.3, -0.25) is 0 Å². The number of benzene rings is 1. The minimum atomic E-state index is -4.67. The van der Waals surface area contributed by atoms with Gasteiger partial charge in [-0.2, -0.15) is 0 Å². The Hall–Kier alpha value is -1.65. The highest BCUT2D eigenvalue weighted by Crippen LogP contribution is 2.16. The molecule has 1 aromatic carbocycles. The number of halogens is 3.